The first-order valence-electron chi connectivity index (χ1n) is 10.5. The molecule has 2 aliphatic heterocycles. The molecule has 0 unspecified atom stereocenters. The first kappa shape index (κ1) is 21.6. The average Bonchev–Trinajstić information content (AvgIpc) is 3.05. The first-order valence-corrected chi connectivity index (χ1v) is 10.5. The number of benzene rings is 1. The summed E-state index contributed by atoms with van der Waals surface area (Å²) < 4.78 is 10.7. The number of urea groups is 1. The Morgan fingerprint density at radius 2 is 1.94 bits per heavy atom. The number of pyridine rings is 1. The van der Waals surface area contributed by atoms with E-state index in [9.17, 15) is 14.4 Å². The van der Waals surface area contributed by atoms with Gasteiger partial charge in [0.15, 0.2) is 11.5 Å². The second-order valence-corrected chi connectivity index (χ2v) is 7.84. The maximum atomic E-state index is 12.9. The molecule has 1 saturated heterocycles. The van der Waals surface area contributed by atoms with Crippen LogP contribution < -0.4 is 14.8 Å². The molecule has 32 heavy (non-hydrogen) atoms. The van der Waals surface area contributed by atoms with Gasteiger partial charge in [-0.25, -0.2) is 4.79 Å². The third-order valence-corrected chi connectivity index (χ3v) is 5.86. The summed E-state index contributed by atoms with van der Waals surface area (Å²) in [4.78, 5) is 44.8. The molecule has 1 aromatic heterocycles. The number of fused-ring (bicyclic) bond motifs is 2. The van der Waals surface area contributed by atoms with E-state index in [0.717, 1.165) is 16.7 Å². The Balaban J connectivity index is 1.34. The lowest BCUT2D eigenvalue weighted by molar-refractivity contribution is -0.129. The van der Waals surface area contributed by atoms with Gasteiger partial charge in [-0.15, -0.1) is 0 Å². The fraction of sp³-hybridized carbons (Fsp3) is 0.391. The van der Waals surface area contributed by atoms with Crippen LogP contribution in [0, 0.1) is 0 Å². The van der Waals surface area contributed by atoms with Crippen LogP contribution in [0.2, 0.25) is 0 Å². The quantitative estimate of drug-likeness (QED) is 0.632. The molecule has 1 N–H and O–H groups in total. The number of hydrogen-bond donors (Lipinski definition) is 1. The van der Waals surface area contributed by atoms with Gasteiger partial charge in [-0.3, -0.25) is 19.5 Å². The monoisotopic (exact) mass is 438 g/mol. The predicted octanol–water partition coefficient (Wildman–Crippen LogP) is 1.88. The fourth-order valence-electron chi connectivity index (χ4n) is 4.16. The summed E-state index contributed by atoms with van der Waals surface area (Å²) in [7, 11) is 3.13. The Morgan fingerprint density at radius 1 is 1.19 bits per heavy atom. The lowest BCUT2D eigenvalue weighted by atomic mass is 9.94. The van der Waals surface area contributed by atoms with Crippen LogP contribution in [-0.4, -0.2) is 59.4 Å². The maximum Gasteiger partial charge on any atom is 0.327 e. The Kier molecular flexibility index (Phi) is 6.25. The molecule has 0 saturated carbocycles. The van der Waals surface area contributed by atoms with Gasteiger partial charge in [-0.1, -0.05) is 6.07 Å². The van der Waals surface area contributed by atoms with Crippen LogP contribution >= 0.6 is 0 Å². The molecule has 2 aromatic rings. The minimum Gasteiger partial charge on any atom is -0.493 e. The molecular weight excluding hydrogens is 412 g/mol. The van der Waals surface area contributed by atoms with E-state index < -0.39 is 6.04 Å². The van der Waals surface area contributed by atoms with E-state index in [1.807, 2.05) is 24.3 Å². The number of imide groups is 1. The highest BCUT2D eigenvalue weighted by atomic mass is 16.5. The SMILES string of the molecule is COc1cc2c(cc1OC)CN1C(=O)N(CCCC(=O)NCc3cccnc3)C(=O)[C@@H]1C2. The normalized spacial score (nSPS) is 17.1. The smallest absolute Gasteiger partial charge is 0.327 e. The zero-order chi connectivity index (χ0) is 22.7. The van der Waals surface area contributed by atoms with Gasteiger partial charge in [-0.05, 0) is 41.3 Å². The lowest BCUT2D eigenvalue weighted by Gasteiger charge is -2.29. The van der Waals surface area contributed by atoms with Crippen molar-refractivity contribution in [2.45, 2.75) is 38.4 Å². The lowest BCUT2D eigenvalue weighted by Crippen LogP contribution is -2.40. The number of carbonyl (C=O) groups is 3. The van der Waals surface area contributed by atoms with Gasteiger partial charge in [0.05, 0.1) is 14.2 Å². The molecule has 168 valence electrons. The Labute approximate surface area is 186 Å². The van der Waals surface area contributed by atoms with E-state index in [4.69, 9.17) is 9.47 Å². The number of carbonyl (C=O) groups excluding carboxylic acids is 3. The van der Waals surface area contributed by atoms with Crippen molar-refractivity contribution in [3.05, 3.63) is 53.3 Å². The molecule has 0 radical (unpaired) electrons. The van der Waals surface area contributed by atoms with Gasteiger partial charge >= 0.3 is 6.03 Å². The number of aromatic nitrogens is 1. The van der Waals surface area contributed by atoms with E-state index in [2.05, 4.69) is 10.3 Å². The number of ether oxygens (including phenoxy) is 2. The van der Waals surface area contributed by atoms with Crippen LogP contribution in [0.1, 0.15) is 29.5 Å². The highest BCUT2D eigenvalue weighted by molar-refractivity contribution is 6.04. The van der Waals surface area contributed by atoms with Crippen LogP contribution in [-0.2, 0) is 29.1 Å². The summed E-state index contributed by atoms with van der Waals surface area (Å²) in [5.74, 6) is 0.853. The van der Waals surface area contributed by atoms with Gasteiger partial charge in [0.1, 0.15) is 6.04 Å². The zero-order valence-electron chi connectivity index (χ0n) is 18.2. The topological polar surface area (TPSA) is 101 Å². The number of rotatable bonds is 8. The molecule has 9 heteroatoms. The number of methoxy groups -OCH3 is 2. The number of nitrogens with one attached hydrogen (secondary N) is 1. The molecular formula is C23H26N4O5. The average molecular weight is 438 g/mol. The van der Waals surface area contributed by atoms with Gasteiger partial charge in [-0.2, -0.15) is 0 Å². The standard InChI is InChI=1S/C23H26N4O5/c1-31-19-10-16-9-18-22(29)26(23(30)27(18)14-17(16)11-20(19)32-2)8-4-6-21(28)25-13-15-5-3-7-24-12-15/h3,5,7,10-12,18H,4,6,8-9,13-14H2,1-2H3,(H,25,28)/t18-/m0/s1. The largest absolute Gasteiger partial charge is 0.493 e. The Bertz CT molecular complexity index is 976. The van der Waals surface area contributed by atoms with Gasteiger partial charge < -0.3 is 19.7 Å². The van der Waals surface area contributed by atoms with Crippen molar-refractivity contribution in [2.24, 2.45) is 0 Å². The molecule has 2 aliphatic rings. The van der Waals surface area contributed by atoms with E-state index in [0.29, 0.717) is 37.4 Å². The maximum absolute atomic E-state index is 12.9. The Hall–Kier alpha value is -3.62. The van der Waals surface area contributed by atoms with Crippen LogP contribution in [0.5, 0.6) is 11.5 Å². The summed E-state index contributed by atoms with van der Waals surface area (Å²) in [5, 5.41) is 2.83. The minimum absolute atomic E-state index is 0.128. The van der Waals surface area contributed by atoms with Crippen molar-refractivity contribution in [1.29, 1.82) is 0 Å². The third kappa shape index (κ3) is 4.23. The Morgan fingerprint density at radius 3 is 2.62 bits per heavy atom. The molecule has 4 amide bonds. The molecule has 1 fully saturated rings. The summed E-state index contributed by atoms with van der Waals surface area (Å²) in [5.41, 5.74) is 2.83. The number of nitrogens with zero attached hydrogens (tertiary/aromatic N) is 3. The second-order valence-electron chi connectivity index (χ2n) is 7.84. The predicted molar refractivity (Wildman–Crippen MR) is 115 cm³/mol. The summed E-state index contributed by atoms with van der Waals surface area (Å²) in [6.45, 7) is 0.955. The number of amides is 4. The van der Waals surface area contributed by atoms with Gasteiger partial charge in [0, 0.05) is 44.9 Å². The van der Waals surface area contributed by atoms with E-state index in [1.165, 1.54) is 4.90 Å². The van der Waals surface area contributed by atoms with Crippen LogP contribution in [0.15, 0.2) is 36.7 Å². The van der Waals surface area contributed by atoms with Crippen LogP contribution in [0.4, 0.5) is 4.79 Å². The molecule has 4 rings (SSSR count). The van der Waals surface area contributed by atoms with Gasteiger partial charge in [0.2, 0.25) is 5.91 Å². The van der Waals surface area contributed by atoms with Crippen LogP contribution in [0.25, 0.3) is 0 Å². The van der Waals surface area contributed by atoms with E-state index >= 15 is 0 Å². The van der Waals surface area contributed by atoms with E-state index in [1.54, 1.807) is 31.5 Å². The molecule has 0 bridgehead atoms. The zero-order valence-corrected chi connectivity index (χ0v) is 18.2. The van der Waals surface area contributed by atoms with Crippen molar-refractivity contribution in [1.82, 2.24) is 20.1 Å². The van der Waals surface area contributed by atoms with Crippen molar-refractivity contribution < 1.29 is 23.9 Å². The summed E-state index contributed by atoms with van der Waals surface area (Å²) in [6, 6.07) is 6.60. The third-order valence-electron chi connectivity index (χ3n) is 5.86. The van der Waals surface area contributed by atoms with Crippen molar-refractivity contribution >= 4 is 17.8 Å². The van der Waals surface area contributed by atoms with E-state index in [-0.39, 0.29) is 30.8 Å². The van der Waals surface area contributed by atoms with Crippen molar-refractivity contribution in [3.8, 4) is 11.5 Å². The van der Waals surface area contributed by atoms with Crippen molar-refractivity contribution in [3.63, 3.8) is 0 Å². The van der Waals surface area contributed by atoms with Crippen molar-refractivity contribution in [2.75, 3.05) is 20.8 Å². The first-order chi connectivity index (χ1) is 15.5. The molecule has 1 aromatic carbocycles. The van der Waals surface area contributed by atoms with Crippen LogP contribution in [0.3, 0.4) is 0 Å². The summed E-state index contributed by atoms with van der Waals surface area (Å²) in [6.07, 6.45) is 4.44. The molecule has 1 atom stereocenters. The second kappa shape index (κ2) is 9.25. The fourth-order valence-corrected chi connectivity index (χ4v) is 4.16. The summed E-state index contributed by atoms with van der Waals surface area (Å²) >= 11 is 0. The minimum atomic E-state index is -0.521. The molecule has 9 nitrogen and oxygen atoms in total. The highest BCUT2D eigenvalue weighted by Crippen LogP contribution is 2.37. The molecule has 3 heterocycles. The van der Waals surface area contributed by atoms with Gasteiger partial charge in [0.25, 0.3) is 5.91 Å². The number of hydrogen-bond acceptors (Lipinski definition) is 6. The molecule has 0 aliphatic carbocycles. The molecule has 0 spiro atoms. The highest BCUT2D eigenvalue weighted by Gasteiger charge is 2.47.